The maximum atomic E-state index is 5.57. The van der Waals surface area contributed by atoms with Crippen LogP contribution in [-0.4, -0.2) is 4.98 Å². The third-order valence-corrected chi connectivity index (χ3v) is 3.91. The predicted octanol–water partition coefficient (Wildman–Crippen LogP) is 3.51. The second kappa shape index (κ2) is 5.62. The Kier molecular flexibility index (Phi) is 4.37. The smallest absolute Gasteiger partial charge is 0.142 e. The van der Waals surface area contributed by atoms with E-state index in [1.54, 1.807) is 12.5 Å². The van der Waals surface area contributed by atoms with Crippen LogP contribution in [0.25, 0.3) is 0 Å². The molecule has 0 bridgehead atoms. The lowest BCUT2D eigenvalue weighted by Gasteiger charge is -2.15. The van der Waals surface area contributed by atoms with Crippen LogP contribution in [0.15, 0.2) is 42.4 Å². The largest absolute Gasteiger partial charge is 0.466 e. The Hall–Kier alpha value is -0.210. The van der Waals surface area contributed by atoms with Gasteiger partial charge in [0.2, 0.25) is 0 Å². The molecule has 2 heterocycles. The van der Waals surface area contributed by atoms with Gasteiger partial charge in [0.1, 0.15) is 11.8 Å². The fourth-order valence-electron chi connectivity index (χ4n) is 1.43. The molecule has 0 saturated heterocycles. The summed E-state index contributed by atoms with van der Waals surface area (Å²) in [6, 6.07) is 3.40. The zero-order valence-corrected chi connectivity index (χ0v) is 13.2. The fraction of sp³-hybridized carbons (Fsp3) is 0.100. The van der Waals surface area contributed by atoms with Crippen molar-refractivity contribution in [2.75, 3.05) is 0 Å². The Labute approximate surface area is 123 Å². The molecule has 0 amide bonds. The van der Waals surface area contributed by atoms with Crippen LogP contribution in [-0.2, 0) is 0 Å². The SMILES string of the molecule is NNC(c1ncc(Br)cc1Br)c1occc1Br. The first kappa shape index (κ1) is 13.2. The Morgan fingerprint density at radius 1 is 1.29 bits per heavy atom. The van der Waals surface area contributed by atoms with E-state index in [9.17, 15) is 0 Å². The third-order valence-electron chi connectivity index (χ3n) is 2.18. The summed E-state index contributed by atoms with van der Waals surface area (Å²) in [6.07, 6.45) is 3.30. The first-order chi connectivity index (χ1) is 8.13. The average Bonchev–Trinajstić information content (AvgIpc) is 2.69. The van der Waals surface area contributed by atoms with Crippen LogP contribution >= 0.6 is 47.8 Å². The molecule has 1 unspecified atom stereocenters. The van der Waals surface area contributed by atoms with Crippen molar-refractivity contribution in [1.29, 1.82) is 0 Å². The molecule has 0 aliphatic carbocycles. The molecule has 17 heavy (non-hydrogen) atoms. The number of rotatable bonds is 3. The Bertz CT molecular complexity index is 529. The Balaban J connectivity index is 2.46. The van der Waals surface area contributed by atoms with Gasteiger partial charge in [-0.25, -0.2) is 5.43 Å². The molecule has 0 aliphatic rings. The van der Waals surface area contributed by atoms with Gasteiger partial charge >= 0.3 is 0 Å². The number of pyridine rings is 1. The lowest BCUT2D eigenvalue weighted by atomic mass is 10.1. The first-order valence-electron chi connectivity index (χ1n) is 4.63. The summed E-state index contributed by atoms with van der Waals surface area (Å²) in [5.74, 6) is 6.25. The van der Waals surface area contributed by atoms with Crippen LogP contribution in [0.5, 0.6) is 0 Å². The average molecular weight is 426 g/mol. The highest BCUT2D eigenvalue weighted by Gasteiger charge is 2.22. The van der Waals surface area contributed by atoms with E-state index in [4.69, 9.17) is 10.3 Å². The number of halogens is 3. The Morgan fingerprint density at radius 3 is 2.59 bits per heavy atom. The van der Waals surface area contributed by atoms with Crippen molar-refractivity contribution in [3.05, 3.63) is 49.5 Å². The second-order valence-corrected chi connectivity index (χ2v) is 5.88. The zero-order chi connectivity index (χ0) is 12.4. The topological polar surface area (TPSA) is 64.1 Å². The van der Waals surface area contributed by atoms with Gasteiger partial charge in [-0.1, -0.05) is 0 Å². The highest BCUT2D eigenvalue weighted by atomic mass is 79.9. The minimum atomic E-state index is -0.318. The molecule has 0 aliphatic heterocycles. The standard InChI is InChI=1S/C10H8Br3N3O/c11-5-3-7(13)8(15-4-5)9(16-14)10-6(12)1-2-17-10/h1-4,9,16H,14H2. The van der Waals surface area contributed by atoms with E-state index in [2.05, 4.69) is 58.2 Å². The van der Waals surface area contributed by atoms with Crippen molar-refractivity contribution in [2.24, 2.45) is 5.84 Å². The lowest BCUT2D eigenvalue weighted by molar-refractivity contribution is 0.444. The van der Waals surface area contributed by atoms with E-state index >= 15 is 0 Å². The minimum Gasteiger partial charge on any atom is -0.466 e. The third kappa shape index (κ3) is 2.79. The molecular weight excluding hydrogens is 418 g/mol. The highest BCUT2D eigenvalue weighted by Crippen LogP contribution is 2.32. The van der Waals surface area contributed by atoms with Crippen molar-refractivity contribution in [1.82, 2.24) is 10.4 Å². The van der Waals surface area contributed by atoms with Crippen LogP contribution in [0.4, 0.5) is 0 Å². The summed E-state index contributed by atoms with van der Waals surface area (Å²) in [5.41, 5.74) is 3.45. The Morgan fingerprint density at radius 2 is 2.06 bits per heavy atom. The van der Waals surface area contributed by atoms with Crippen LogP contribution in [0.2, 0.25) is 0 Å². The molecule has 3 N–H and O–H groups in total. The molecule has 4 nitrogen and oxygen atoms in total. The fourth-order valence-corrected chi connectivity index (χ4v) is 3.07. The molecule has 2 aromatic rings. The summed E-state index contributed by atoms with van der Waals surface area (Å²) < 4.78 is 7.98. The van der Waals surface area contributed by atoms with Gasteiger partial charge in [0.15, 0.2) is 0 Å². The summed E-state index contributed by atoms with van der Waals surface area (Å²) >= 11 is 10.2. The molecule has 0 radical (unpaired) electrons. The molecule has 0 saturated carbocycles. The van der Waals surface area contributed by atoms with Gasteiger partial charge < -0.3 is 4.42 Å². The van der Waals surface area contributed by atoms with E-state index in [1.807, 2.05) is 12.1 Å². The van der Waals surface area contributed by atoms with Crippen LogP contribution in [0.3, 0.4) is 0 Å². The molecule has 2 aromatic heterocycles. The molecular formula is C10H8Br3N3O. The van der Waals surface area contributed by atoms with Gasteiger partial charge in [-0.15, -0.1) is 0 Å². The summed E-state index contributed by atoms with van der Waals surface area (Å²) in [6.45, 7) is 0. The van der Waals surface area contributed by atoms with Gasteiger partial charge in [-0.3, -0.25) is 10.8 Å². The monoisotopic (exact) mass is 423 g/mol. The van der Waals surface area contributed by atoms with Crippen molar-refractivity contribution >= 4 is 47.8 Å². The number of furan rings is 1. The van der Waals surface area contributed by atoms with Gasteiger partial charge in [0.05, 0.1) is 16.4 Å². The number of aromatic nitrogens is 1. The van der Waals surface area contributed by atoms with Crippen molar-refractivity contribution < 1.29 is 4.42 Å². The van der Waals surface area contributed by atoms with Crippen molar-refractivity contribution in [3.63, 3.8) is 0 Å². The number of nitrogens with two attached hydrogens (primary N) is 1. The zero-order valence-electron chi connectivity index (χ0n) is 8.45. The first-order valence-corrected chi connectivity index (χ1v) is 7.01. The molecule has 2 rings (SSSR count). The van der Waals surface area contributed by atoms with Crippen LogP contribution in [0.1, 0.15) is 17.5 Å². The van der Waals surface area contributed by atoms with E-state index in [0.717, 1.165) is 19.1 Å². The van der Waals surface area contributed by atoms with Gasteiger partial charge in [-0.2, -0.15) is 0 Å². The lowest BCUT2D eigenvalue weighted by Crippen LogP contribution is -2.29. The number of nitrogens with zero attached hydrogens (tertiary/aromatic N) is 1. The maximum Gasteiger partial charge on any atom is 0.142 e. The molecule has 90 valence electrons. The maximum absolute atomic E-state index is 5.57. The van der Waals surface area contributed by atoms with Gasteiger partial charge in [-0.05, 0) is 59.9 Å². The highest BCUT2D eigenvalue weighted by molar-refractivity contribution is 9.11. The molecule has 0 spiro atoms. The number of hydrogen-bond donors (Lipinski definition) is 2. The summed E-state index contributed by atoms with van der Waals surface area (Å²) in [7, 11) is 0. The normalized spacial score (nSPS) is 12.7. The number of nitrogens with one attached hydrogen (secondary N) is 1. The molecule has 0 fully saturated rings. The van der Waals surface area contributed by atoms with Crippen molar-refractivity contribution in [2.45, 2.75) is 6.04 Å². The van der Waals surface area contributed by atoms with E-state index in [0.29, 0.717) is 5.76 Å². The number of hydrogen-bond acceptors (Lipinski definition) is 4. The quantitative estimate of drug-likeness (QED) is 0.583. The van der Waals surface area contributed by atoms with E-state index in [1.165, 1.54) is 0 Å². The van der Waals surface area contributed by atoms with Gasteiger partial charge in [0.25, 0.3) is 0 Å². The summed E-state index contributed by atoms with van der Waals surface area (Å²) in [4.78, 5) is 4.33. The number of hydrazine groups is 1. The molecule has 1 atom stereocenters. The minimum absolute atomic E-state index is 0.318. The summed E-state index contributed by atoms with van der Waals surface area (Å²) in [5, 5.41) is 0. The van der Waals surface area contributed by atoms with Gasteiger partial charge in [0, 0.05) is 15.1 Å². The second-order valence-electron chi connectivity index (χ2n) is 3.25. The van der Waals surface area contributed by atoms with E-state index in [-0.39, 0.29) is 6.04 Å². The van der Waals surface area contributed by atoms with Crippen LogP contribution in [0, 0.1) is 0 Å². The van der Waals surface area contributed by atoms with Crippen LogP contribution < -0.4 is 11.3 Å². The van der Waals surface area contributed by atoms with E-state index < -0.39 is 0 Å². The van der Waals surface area contributed by atoms with Crippen molar-refractivity contribution in [3.8, 4) is 0 Å². The molecule has 0 aromatic carbocycles. The predicted molar refractivity (Wildman–Crippen MR) is 75.2 cm³/mol. The molecule has 7 heteroatoms.